The van der Waals surface area contributed by atoms with Gasteiger partial charge in [-0.05, 0) is 52.7 Å². The van der Waals surface area contributed by atoms with Gasteiger partial charge in [0.2, 0.25) is 0 Å². The molecule has 0 bridgehead atoms. The molecule has 2 rings (SSSR count). The topological polar surface area (TPSA) is 68.8 Å². The Bertz CT molecular complexity index is 695. The van der Waals surface area contributed by atoms with Crippen molar-refractivity contribution >= 4 is 27.6 Å². The van der Waals surface area contributed by atoms with E-state index in [0.717, 1.165) is 11.3 Å². The monoisotopic (exact) mass is 408 g/mol. The van der Waals surface area contributed by atoms with Crippen molar-refractivity contribution in [3.8, 4) is 11.5 Å². The number of anilines is 1. The molecule has 0 amide bonds. The molecule has 0 unspecified atom stereocenters. The summed E-state index contributed by atoms with van der Waals surface area (Å²) in [4.78, 5) is 11.4. The van der Waals surface area contributed by atoms with E-state index in [1.165, 1.54) is 0 Å². The quantitative estimate of drug-likeness (QED) is 0.488. The fraction of sp³-hybridized carbons (Fsp3) is 0.278. The summed E-state index contributed by atoms with van der Waals surface area (Å²) in [6.45, 7) is 2.47. The number of benzene rings is 2. The van der Waals surface area contributed by atoms with Crippen molar-refractivity contribution in [2.45, 2.75) is 13.5 Å². The van der Waals surface area contributed by atoms with Crippen molar-refractivity contribution in [3.05, 3.63) is 52.5 Å². The summed E-state index contributed by atoms with van der Waals surface area (Å²) in [7, 11) is 1.55. The summed E-state index contributed by atoms with van der Waals surface area (Å²) in [5, 5.41) is 0. The minimum Gasteiger partial charge on any atom is -0.493 e. The van der Waals surface area contributed by atoms with Gasteiger partial charge in [0.05, 0.1) is 18.2 Å². The number of esters is 1. The maximum Gasteiger partial charge on any atom is 0.344 e. The number of hydrogen-bond acceptors (Lipinski definition) is 6. The van der Waals surface area contributed by atoms with Crippen molar-refractivity contribution in [1.29, 1.82) is 0 Å². The molecule has 2 aromatic carbocycles. The summed E-state index contributed by atoms with van der Waals surface area (Å²) in [6.07, 6.45) is 0. The lowest BCUT2D eigenvalue weighted by atomic mass is 10.2. The number of methoxy groups -OCH3 is 1. The molecule has 0 saturated heterocycles. The Kier molecular flexibility index (Phi) is 7.56. The molecule has 2 aromatic rings. The van der Waals surface area contributed by atoms with Gasteiger partial charge in [0.25, 0.3) is 0 Å². The molecule has 6 nitrogen and oxygen atoms in total. The smallest absolute Gasteiger partial charge is 0.344 e. The molecule has 0 aliphatic carbocycles. The summed E-state index contributed by atoms with van der Waals surface area (Å²) < 4.78 is 16.4. The number of rotatable bonds is 9. The van der Waals surface area contributed by atoms with Gasteiger partial charge >= 0.3 is 5.97 Å². The van der Waals surface area contributed by atoms with Crippen LogP contribution in [0.2, 0.25) is 0 Å². The molecule has 25 heavy (non-hydrogen) atoms. The normalized spacial score (nSPS) is 10.2. The maximum atomic E-state index is 11.4. The molecule has 0 spiro atoms. The van der Waals surface area contributed by atoms with Gasteiger partial charge in [0.15, 0.2) is 18.1 Å². The van der Waals surface area contributed by atoms with E-state index in [0.29, 0.717) is 29.1 Å². The van der Waals surface area contributed by atoms with E-state index in [-0.39, 0.29) is 6.61 Å². The molecule has 7 heteroatoms. The average molecular weight is 409 g/mol. The highest BCUT2D eigenvalue weighted by molar-refractivity contribution is 9.10. The Morgan fingerprint density at radius 2 is 1.96 bits per heavy atom. The molecule has 0 atom stereocenters. The van der Waals surface area contributed by atoms with Crippen molar-refractivity contribution < 1.29 is 19.0 Å². The number of halogens is 1. The van der Waals surface area contributed by atoms with E-state index in [9.17, 15) is 4.79 Å². The highest BCUT2D eigenvalue weighted by atomic mass is 79.9. The molecule has 0 aliphatic heterocycles. The van der Waals surface area contributed by atoms with Crippen LogP contribution in [0.4, 0.5) is 5.69 Å². The van der Waals surface area contributed by atoms with Gasteiger partial charge in [-0.2, -0.15) is 0 Å². The van der Waals surface area contributed by atoms with E-state index < -0.39 is 5.97 Å². The van der Waals surface area contributed by atoms with Crippen LogP contribution in [0.1, 0.15) is 12.5 Å². The van der Waals surface area contributed by atoms with Crippen LogP contribution in [0.15, 0.2) is 46.9 Å². The zero-order valence-electron chi connectivity index (χ0n) is 14.2. The summed E-state index contributed by atoms with van der Waals surface area (Å²) in [5.74, 6) is 0.583. The van der Waals surface area contributed by atoms with Gasteiger partial charge in [0.1, 0.15) is 0 Å². The van der Waals surface area contributed by atoms with Gasteiger partial charge < -0.3 is 19.6 Å². The predicted octanol–water partition coefficient (Wildman–Crippen LogP) is 3.52. The highest BCUT2D eigenvalue weighted by Gasteiger charge is 2.14. The Morgan fingerprint density at radius 1 is 1.20 bits per heavy atom. The number of ether oxygens (including phenoxy) is 3. The zero-order valence-corrected chi connectivity index (χ0v) is 15.8. The van der Waals surface area contributed by atoms with E-state index in [4.69, 9.17) is 14.2 Å². The molecule has 0 aliphatic rings. The molecule has 2 N–H and O–H groups in total. The Labute approximate surface area is 155 Å². The molecular formula is C18H21BrN2O4. The Balaban J connectivity index is 1.98. The maximum absolute atomic E-state index is 11.4. The van der Waals surface area contributed by atoms with Gasteiger partial charge in [-0.3, -0.25) is 0 Å². The second-order valence-corrected chi connectivity index (χ2v) is 5.90. The average Bonchev–Trinajstić information content (AvgIpc) is 2.61. The van der Waals surface area contributed by atoms with Gasteiger partial charge in [-0.25, -0.2) is 10.2 Å². The molecular weight excluding hydrogens is 388 g/mol. The zero-order chi connectivity index (χ0) is 18.1. The summed E-state index contributed by atoms with van der Waals surface area (Å²) in [6, 6.07) is 13.6. The van der Waals surface area contributed by atoms with Crippen LogP contribution >= 0.6 is 15.9 Å². The molecule has 0 radical (unpaired) electrons. The number of nitrogens with one attached hydrogen (secondary N) is 2. The van der Waals surface area contributed by atoms with Crippen LogP contribution in [0.5, 0.6) is 11.5 Å². The number of carbonyl (C=O) groups is 1. The predicted molar refractivity (Wildman–Crippen MR) is 99.7 cm³/mol. The first-order chi connectivity index (χ1) is 12.1. The van der Waals surface area contributed by atoms with E-state index in [2.05, 4.69) is 26.8 Å². The number of para-hydroxylation sites is 1. The van der Waals surface area contributed by atoms with Crippen molar-refractivity contribution in [3.63, 3.8) is 0 Å². The third-order valence-electron chi connectivity index (χ3n) is 3.23. The molecule has 0 heterocycles. The third-order valence-corrected chi connectivity index (χ3v) is 3.82. The Morgan fingerprint density at radius 3 is 2.64 bits per heavy atom. The number of carbonyl (C=O) groups excluding carboxylic acids is 1. The lowest BCUT2D eigenvalue weighted by Gasteiger charge is -2.15. The van der Waals surface area contributed by atoms with Crippen LogP contribution in [-0.2, 0) is 16.1 Å². The Hall–Kier alpha value is -2.25. The van der Waals surface area contributed by atoms with Gasteiger partial charge in [-0.15, -0.1) is 0 Å². The lowest BCUT2D eigenvalue weighted by Crippen LogP contribution is -2.21. The molecule has 0 saturated carbocycles. The SMILES string of the molecule is CCOC(=O)COc1c(Br)cc(CNNc2ccccc2)cc1OC. The van der Waals surface area contributed by atoms with Crippen LogP contribution in [0.25, 0.3) is 0 Å². The lowest BCUT2D eigenvalue weighted by molar-refractivity contribution is -0.145. The molecule has 134 valence electrons. The minimum atomic E-state index is -0.422. The summed E-state index contributed by atoms with van der Waals surface area (Å²) in [5.41, 5.74) is 8.22. The largest absolute Gasteiger partial charge is 0.493 e. The first-order valence-corrected chi connectivity index (χ1v) is 8.62. The van der Waals surface area contributed by atoms with Crippen LogP contribution in [0, 0.1) is 0 Å². The van der Waals surface area contributed by atoms with E-state index in [1.54, 1.807) is 14.0 Å². The second-order valence-electron chi connectivity index (χ2n) is 5.05. The summed E-state index contributed by atoms with van der Waals surface area (Å²) >= 11 is 3.46. The second kappa shape index (κ2) is 9.90. The molecule has 0 fully saturated rings. The number of hydrogen-bond donors (Lipinski definition) is 2. The van der Waals surface area contributed by atoms with Crippen molar-refractivity contribution in [2.24, 2.45) is 0 Å². The highest BCUT2D eigenvalue weighted by Crippen LogP contribution is 2.36. The number of hydrazine groups is 1. The fourth-order valence-electron chi connectivity index (χ4n) is 2.12. The van der Waals surface area contributed by atoms with Crippen LogP contribution < -0.4 is 20.3 Å². The third kappa shape index (κ3) is 5.95. The van der Waals surface area contributed by atoms with E-state index in [1.807, 2.05) is 42.5 Å². The first-order valence-electron chi connectivity index (χ1n) is 7.82. The minimum absolute atomic E-state index is 0.171. The molecule has 0 aromatic heterocycles. The van der Waals surface area contributed by atoms with Crippen LogP contribution in [0.3, 0.4) is 0 Å². The van der Waals surface area contributed by atoms with E-state index >= 15 is 0 Å². The van der Waals surface area contributed by atoms with Gasteiger partial charge in [-0.1, -0.05) is 18.2 Å². The van der Waals surface area contributed by atoms with Crippen LogP contribution in [-0.4, -0.2) is 26.3 Å². The fourth-order valence-corrected chi connectivity index (χ4v) is 2.72. The standard InChI is InChI=1S/C18H21BrN2O4/c1-3-24-17(22)12-25-18-15(19)9-13(10-16(18)23-2)11-20-21-14-7-5-4-6-8-14/h4-10,20-21H,3,11-12H2,1-2H3. The van der Waals surface area contributed by atoms with Crippen molar-refractivity contribution in [2.75, 3.05) is 25.7 Å². The van der Waals surface area contributed by atoms with Crippen molar-refractivity contribution in [1.82, 2.24) is 5.43 Å². The van der Waals surface area contributed by atoms with Gasteiger partial charge in [0, 0.05) is 12.2 Å². The first kappa shape index (κ1) is 19.1.